The van der Waals surface area contributed by atoms with Gasteiger partial charge in [0, 0.05) is 5.56 Å². The molecule has 0 bridgehead atoms. The van der Waals surface area contributed by atoms with Crippen LogP contribution in [-0.4, -0.2) is 8.42 Å². The molecule has 21 heavy (non-hydrogen) atoms. The molecule has 0 aliphatic carbocycles. The van der Waals surface area contributed by atoms with Crippen molar-refractivity contribution < 1.29 is 18.5 Å². The zero-order valence-corrected chi connectivity index (χ0v) is 11.8. The van der Waals surface area contributed by atoms with Crippen LogP contribution in [0.4, 0.5) is 10.1 Å². The molecule has 5 nitrogen and oxygen atoms in total. The summed E-state index contributed by atoms with van der Waals surface area (Å²) in [6, 6.07) is 11.3. The number of sulfonamides is 1. The topological polar surface area (TPSA) is 99.7 Å². The number of hydrogen-bond donors (Lipinski definition) is 1. The van der Waals surface area contributed by atoms with E-state index in [0.29, 0.717) is 5.56 Å². The van der Waals surface area contributed by atoms with Crippen molar-refractivity contribution in [3.05, 3.63) is 64.1 Å². The molecule has 2 rings (SSSR count). The molecular weight excluding hydrogens is 293 g/mol. The minimum absolute atomic E-state index is 0.107. The highest BCUT2D eigenvalue weighted by molar-refractivity contribution is 7.94. The first kappa shape index (κ1) is 15.0. The van der Waals surface area contributed by atoms with Gasteiger partial charge in [-0.15, -0.1) is 5.69 Å². The van der Waals surface area contributed by atoms with Crippen molar-refractivity contribution in [2.45, 2.75) is 11.4 Å². The summed E-state index contributed by atoms with van der Waals surface area (Å²) in [6.07, 6.45) is 0. The SMILES string of the molecule is N#Cc1cccc([N-]S(=O)(=O)c2ccc(F)c(C[NH3+])c2)c1. The fourth-order valence-corrected chi connectivity index (χ4v) is 2.75. The quantitative estimate of drug-likeness (QED) is 0.932. The third-order valence-corrected chi connectivity index (χ3v) is 4.09. The second kappa shape index (κ2) is 5.91. The van der Waals surface area contributed by atoms with Gasteiger partial charge in [-0.2, -0.15) is 5.26 Å². The largest absolute Gasteiger partial charge is 0.573 e. The van der Waals surface area contributed by atoms with Gasteiger partial charge in [0.1, 0.15) is 22.4 Å². The second-order valence-electron chi connectivity index (χ2n) is 4.23. The molecule has 0 fully saturated rings. The van der Waals surface area contributed by atoms with E-state index in [4.69, 9.17) is 5.26 Å². The molecule has 0 aliphatic rings. The van der Waals surface area contributed by atoms with Crippen molar-refractivity contribution in [1.29, 1.82) is 5.26 Å². The van der Waals surface area contributed by atoms with Gasteiger partial charge in [-0.05, 0) is 24.3 Å². The predicted molar refractivity (Wildman–Crippen MR) is 74.4 cm³/mol. The van der Waals surface area contributed by atoms with E-state index in [9.17, 15) is 12.8 Å². The van der Waals surface area contributed by atoms with Crippen molar-refractivity contribution in [1.82, 2.24) is 0 Å². The van der Waals surface area contributed by atoms with Crippen LogP contribution in [0.15, 0.2) is 47.4 Å². The van der Waals surface area contributed by atoms with E-state index in [-0.39, 0.29) is 22.7 Å². The van der Waals surface area contributed by atoms with Crippen LogP contribution in [0.3, 0.4) is 0 Å². The molecule has 2 aromatic carbocycles. The van der Waals surface area contributed by atoms with Crippen LogP contribution in [0.1, 0.15) is 11.1 Å². The van der Waals surface area contributed by atoms with Gasteiger partial charge < -0.3 is 10.5 Å². The van der Waals surface area contributed by atoms with Crippen LogP contribution in [-0.2, 0) is 16.6 Å². The first-order valence-electron chi connectivity index (χ1n) is 6.02. The Bertz CT molecular complexity index is 813. The van der Waals surface area contributed by atoms with Gasteiger partial charge in [-0.3, -0.25) is 0 Å². The van der Waals surface area contributed by atoms with Crippen LogP contribution >= 0.6 is 0 Å². The van der Waals surface area contributed by atoms with Gasteiger partial charge in [0.2, 0.25) is 0 Å². The fraction of sp³-hybridized carbons (Fsp3) is 0.0714. The van der Waals surface area contributed by atoms with Gasteiger partial charge in [0.15, 0.2) is 0 Å². The number of quaternary nitrogens is 1. The van der Waals surface area contributed by atoms with Crippen molar-refractivity contribution in [2.75, 3.05) is 0 Å². The lowest BCUT2D eigenvalue weighted by Crippen LogP contribution is -2.47. The molecule has 0 atom stereocenters. The molecular formula is C14H12FN3O2S. The molecule has 3 N–H and O–H groups in total. The van der Waals surface area contributed by atoms with Crippen molar-refractivity contribution >= 4 is 15.7 Å². The standard InChI is InChI=1S/C14H11FN3O2S/c15-14-5-4-13(7-11(14)9-17)21(19,20)18-12-3-1-2-10(6-12)8-16/h1-7H,9,17H2/q-1/p+1. The lowest BCUT2D eigenvalue weighted by molar-refractivity contribution is -0.387. The number of benzene rings is 2. The molecule has 7 heteroatoms. The van der Waals surface area contributed by atoms with Gasteiger partial charge in [-0.1, -0.05) is 18.2 Å². The Balaban J connectivity index is 2.36. The Kier molecular flexibility index (Phi) is 4.21. The summed E-state index contributed by atoms with van der Waals surface area (Å²) >= 11 is 0. The molecule has 0 saturated heterocycles. The Hall–Kier alpha value is -2.43. The smallest absolute Gasteiger partial charge is 0.132 e. The van der Waals surface area contributed by atoms with E-state index in [0.717, 1.165) is 12.1 Å². The van der Waals surface area contributed by atoms with Crippen molar-refractivity contribution in [3.63, 3.8) is 0 Å². The number of nitrogens with zero attached hydrogens (tertiary/aromatic N) is 2. The summed E-state index contributed by atoms with van der Waals surface area (Å²) in [7, 11) is -3.97. The molecule has 0 aromatic heterocycles. The van der Waals surface area contributed by atoms with E-state index in [2.05, 4.69) is 10.5 Å². The summed E-state index contributed by atoms with van der Waals surface area (Å²) in [6.45, 7) is 0.138. The zero-order chi connectivity index (χ0) is 15.5. The van der Waals surface area contributed by atoms with Crippen LogP contribution in [0, 0.1) is 17.1 Å². The maximum atomic E-state index is 13.4. The first-order valence-corrected chi connectivity index (χ1v) is 7.46. The Morgan fingerprint density at radius 1 is 1.24 bits per heavy atom. The highest BCUT2D eigenvalue weighted by Crippen LogP contribution is 2.28. The average molecular weight is 305 g/mol. The Morgan fingerprint density at radius 2 is 2.00 bits per heavy atom. The fourth-order valence-electron chi connectivity index (χ4n) is 1.73. The Labute approximate surface area is 121 Å². The van der Waals surface area contributed by atoms with Crippen LogP contribution in [0.5, 0.6) is 0 Å². The van der Waals surface area contributed by atoms with Gasteiger partial charge in [0.25, 0.3) is 0 Å². The highest BCUT2D eigenvalue weighted by atomic mass is 32.2. The first-order chi connectivity index (χ1) is 9.96. The van der Waals surface area contributed by atoms with E-state index < -0.39 is 15.8 Å². The molecule has 2 aromatic rings. The number of rotatable bonds is 4. The molecule has 0 unspecified atom stereocenters. The van der Waals surface area contributed by atoms with Gasteiger partial charge in [0.05, 0.1) is 16.5 Å². The summed E-state index contributed by atoms with van der Waals surface area (Å²) in [5.74, 6) is -0.504. The number of hydrogen-bond acceptors (Lipinski definition) is 3. The van der Waals surface area contributed by atoms with Gasteiger partial charge in [-0.25, -0.2) is 12.8 Å². The maximum Gasteiger partial charge on any atom is 0.132 e. The minimum atomic E-state index is -3.97. The summed E-state index contributed by atoms with van der Waals surface area (Å²) in [5.41, 5.74) is 4.21. The number of halogens is 1. The predicted octanol–water partition coefficient (Wildman–Crippen LogP) is 1.83. The highest BCUT2D eigenvalue weighted by Gasteiger charge is 2.10. The number of nitriles is 1. The molecule has 0 aliphatic heterocycles. The molecule has 0 radical (unpaired) electrons. The normalized spacial score (nSPS) is 10.9. The average Bonchev–Trinajstić information content (AvgIpc) is 2.47. The maximum absolute atomic E-state index is 13.4. The minimum Gasteiger partial charge on any atom is -0.573 e. The van der Waals surface area contributed by atoms with E-state index in [1.54, 1.807) is 12.1 Å². The van der Waals surface area contributed by atoms with Gasteiger partial charge >= 0.3 is 0 Å². The summed E-state index contributed by atoms with van der Waals surface area (Å²) in [5, 5.41) is 8.79. The molecule has 0 spiro atoms. The molecule has 0 heterocycles. The lowest BCUT2D eigenvalue weighted by Gasteiger charge is -2.22. The monoisotopic (exact) mass is 305 g/mol. The molecule has 108 valence electrons. The molecule has 0 amide bonds. The van der Waals surface area contributed by atoms with Crippen molar-refractivity contribution in [3.8, 4) is 6.07 Å². The van der Waals surface area contributed by atoms with E-state index in [1.165, 1.54) is 18.2 Å². The lowest BCUT2D eigenvalue weighted by atomic mass is 10.2. The summed E-state index contributed by atoms with van der Waals surface area (Å²) < 4.78 is 41.4. The Morgan fingerprint density at radius 3 is 2.67 bits per heavy atom. The van der Waals surface area contributed by atoms with Crippen LogP contribution in [0.2, 0.25) is 0 Å². The van der Waals surface area contributed by atoms with E-state index in [1.807, 2.05) is 6.07 Å². The molecule has 0 saturated carbocycles. The van der Waals surface area contributed by atoms with Crippen LogP contribution in [0.25, 0.3) is 4.72 Å². The third-order valence-electron chi connectivity index (χ3n) is 2.79. The third kappa shape index (κ3) is 3.37. The van der Waals surface area contributed by atoms with Crippen LogP contribution < -0.4 is 5.73 Å². The van der Waals surface area contributed by atoms with Crippen molar-refractivity contribution in [2.24, 2.45) is 0 Å². The second-order valence-corrected chi connectivity index (χ2v) is 5.84. The summed E-state index contributed by atoms with van der Waals surface area (Å²) in [4.78, 5) is -0.107. The zero-order valence-electron chi connectivity index (χ0n) is 11.0. The van der Waals surface area contributed by atoms with E-state index >= 15 is 0 Å².